The number of allylic oxidation sites excluding steroid dienone is 2. The minimum atomic E-state index is -0.727. The molecule has 0 aromatic heterocycles. The van der Waals surface area contributed by atoms with Crippen LogP contribution in [0.1, 0.15) is 155 Å². The maximum absolute atomic E-state index is 12.2. The zero-order valence-corrected chi connectivity index (χ0v) is 27.4. The molecule has 0 aliphatic rings. The molecule has 0 aromatic rings. The molecule has 6 heteroatoms. The van der Waals surface area contributed by atoms with E-state index in [1.165, 1.54) is 103 Å². The summed E-state index contributed by atoms with van der Waals surface area (Å²) in [4.78, 5) is 14.4. The first-order chi connectivity index (χ1) is 20.1. The molecule has 0 saturated carbocycles. The Labute approximate surface area is 255 Å². The minimum absolute atomic E-state index is 0.146. The quantitative estimate of drug-likeness (QED) is 0.0540. The van der Waals surface area contributed by atoms with Gasteiger partial charge in [-0.2, -0.15) is 0 Å². The van der Waals surface area contributed by atoms with E-state index in [1.54, 1.807) is 0 Å². The second-order valence-corrected chi connectivity index (χ2v) is 11.9. The third-order valence-electron chi connectivity index (χ3n) is 7.72. The molecule has 3 N–H and O–H groups in total. The largest absolute Gasteiger partial charge is 0.394 e. The second-order valence-electron chi connectivity index (χ2n) is 11.9. The summed E-state index contributed by atoms with van der Waals surface area (Å²) >= 11 is 0. The van der Waals surface area contributed by atoms with Crippen molar-refractivity contribution in [1.82, 2.24) is 10.2 Å². The predicted molar refractivity (Wildman–Crippen MR) is 175 cm³/mol. The highest BCUT2D eigenvalue weighted by Crippen LogP contribution is 2.10. The Balaban J connectivity index is 3.70. The summed E-state index contributed by atoms with van der Waals surface area (Å²) in [5, 5.41) is 22.2. The molecule has 1 atom stereocenters. The fourth-order valence-electron chi connectivity index (χ4n) is 5.10. The van der Waals surface area contributed by atoms with E-state index in [1.807, 2.05) is 0 Å². The summed E-state index contributed by atoms with van der Waals surface area (Å²) in [5.41, 5.74) is 0. The number of aliphatic hydroxyl groups excluding tert-OH is 2. The number of carbonyl (C=O) groups is 1. The van der Waals surface area contributed by atoms with Crippen LogP contribution in [-0.4, -0.2) is 73.1 Å². The number of hydrogen-bond acceptors (Lipinski definition) is 5. The molecule has 0 spiro atoms. The number of amides is 1. The standard InChI is InChI=1S/C35H70N2O4/c1-3-5-7-9-11-12-13-14-15-16-17-18-19-20-22-26-35(40)36-27-24-28-37(32-34(39)33-38)29-25-31-41-30-23-21-10-8-6-4-2/h14-15,34,38-39H,3-13,16-33H2,1-2H3,(H,36,40)/b15-14-. The summed E-state index contributed by atoms with van der Waals surface area (Å²) in [5.74, 6) is 0.146. The SMILES string of the molecule is CCCCCCCC/C=C\CCCCCCCC(=O)NCCCN(CCCOCCCCCCCC)CC(O)CO. The highest BCUT2D eigenvalue weighted by molar-refractivity contribution is 5.75. The van der Waals surface area contributed by atoms with E-state index in [4.69, 9.17) is 4.74 Å². The summed E-state index contributed by atoms with van der Waals surface area (Å²) in [7, 11) is 0. The second kappa shape index (κ2) is 33.6. The van der Waals surface area contributed by atoms with Crippen molar-refractivity contribution in [3.8, 4) is 0 Å². The van der Waals surface area contributed by atoms with Gasteiger partial charge in [0.05, 0.1) is 12.7 Å². The molecule has 41 heavy (non-hydrogen) atoms. The van der Waals surface area contributed by atoms with Gasteiger partial charge in [-0.25, -0.2) is 0 Å². The van der Waals surface area contributed by atoms with E-state index in [2.05, 4.69) is 36.2 Å². The molecule has 0 saturated heterocycles. The third kappa shape index (κ3) is 31.8. The predicted octanol–water partition coefficient (Wildman–Crippen LogP) is 7.95. The number of nitrogens with one attached hydrogen (secondary N) is 1. The van der Waals surface area contributed by atoms with Crippen LogP contribution in [0.5, 0.6) is 0 Å². The van der Waals surface area contributed by atoms with Gasteiger partial charge in [0.1, 0.15) is 0 Å². The maximum atomic E-state index is 12.2. The molecular weight excluding hydrogens is 512 g/mol. The molecule has 0 aliphatic carbocycles. The van der Waals surface area contributed by atoms with Gasteiger partial charge in [0.2, 0.25) is 5.91 Å². The first-order valence-corrected chi connectivity index (χ1v) is 17.6. The molecule has 1 amide bonds. The highest BCUT2D eigenvalue weighted by Gasteiger charge is 2.11. The lowest BCUT2D eigenvalue weighted by molar-refractivity contribution is -0.121. The van der Waals surface area contributed by atoms with Crippen LogP contribution in [0.2, 0.25) is 0 Å². The van der Waals surface area contributed by atoms with Crippen LogP contribution in [-0.2, 0) is 9.53 Å². The van der Waals surface area contributed by atoms with Crippen LogP contribution < -0.4 is 5.32 Å². The van der Waals surface area contributed by atoms with Crippen molar-refractivity contribution in [2.75, 3.05) is 46.0 Å². The van der Waals surface area contributed by atoms with Crippen molar-refractivity contribution in [3.63, 3.8) is 0 Å². The van der Waals surface area contributed by atoms with E-state index in [0.717, 1.165) is 58.4 Å². The summed E-state index contributed by atoms with van der Waals surface area (Å²) in [6.45, 7) is 8.57. The van der Waals surface area contributed by atoms with Gasteiger partial charge in [-0.3, -0.25) is 4.79 Å². The normalized spacial score (nSPS) is 12.5. The lowest BCUT2D eigenvalue weighted by atomic mass is 10.1. The van der Waals surface area contributed by atoms with E-state index in [-0.39, 0.29) is 12.5 Å². The van der Waals surface area contributed by atoms with Crippen molar-refractivity contribution in [2.45, 2.75) is 161 Å². The van der Waals surface area contributed by atoms with Crippen molar-refractivity contribution in [1.29, 1.82) is 0 Å². The highest BCUT2D eigenvalue weighted by atomic mass is 16.5. The lowest BCUT2D eigenvalue weighted by Gasteiger charge is -2.24. The zero-order valence-electron chi connectivity index (χ0n) is 27.4. The van der Waals surface area contributed by atoms with Gasteiger partial charge < -0.3 is 25.2 Å². The maximum Gasteiger partial charge on any atom is 0.219 e. The van der Waals surface area contributed by atoms with Crippen molar-refractivity contribution < 1.29 is 19.7 Å². The monoisotopic (exact) mass is 583 g/mol. The van der Waals surface area contributed by atoms with Gasteiger partial charge in [-0.05, 0) is 57.9 Å². The van der Waals surface area contributed by atoms with Gasteiger partial charge in [0.15, 0.2) is 0 Å². The fourth-order valence-corrected chi connectivity index (χ4v) is 5.10. The number of hydrogen-bond donors (Lipinski definition) is 3. The Bertz CT molecular complexity index is 558. The van der Waals surface area contributed by atoms with Crippen molar-refractivity contribution >= 4 is 5.91 Å². The molecule has 244 valence electrons. The number of unbranched alkanes of at least 4 members (excludes halogenated alkanes) is 16. The molecular formula is C35H70N2O4. The van der Waals surface area contributed by atoms with E-state index < -0.39 is 6.10 Å². The van der Waals surface area contributed by atoms with Crippen LogP contribution in [0.15, 0.2) is 12.2 Å². The molecule has 0 fully saturated rings. The molecule has 0 bridgehead atoms. The average molecular weight is 583 g/mol. The summed E-state index contributed by atoms with van der Waals surface area (Å²) in [6, 6.07) is 0. The van der Waals surface area contributed by atoms with Crippen LogP contribution in [0.4, 0.5) is 0 Å². The first kappa shape index (κ1) is 40.1. The Morgan fingerprint density at radius 2 is 1.22 bits per heavy atom. The Hall–Kier alpha value is -0.950. The molecule has 0 heterocycles. The number of ether oxygens (including phenoxy) is 1. The van der Waals surface area contributed by atoms with Crippen LogP contribution in [0.25, 0.3) is 0 Å². The molecule has 0 aliphatic heterocycles. The van der Waals surface area contributed by atoms with Crippen LogP contribution in [0.3, 0.4) is 0 Å². The Morgan fingerprint density at radius 3 is 1.83 bits per heavy atom. The van der Waals surface area contributed by atoms with E-state index >= 15 is 0 Å². The van der Waals surface area contributed by atoms with Gasteiger partial charge in [0, 0.05) is 39.3 Å². The fraction of sp³-hybridized carbons (Fsp3) is 0.914. The van der Waals surface area contributed by atoms with E-state index in [9.17, 15) is 15.0 Å². The van der Waals surface area contributed by atoms with Crippen molar-refractivity contribution in [3.05, 3.63) is 12.2 Å². The summed E-state index contributed by atoms with van der Waals surface area (Å²) in [6.07, 6.45) is 30.4. The number of carbonyl (C=O) groups excluding carboxylic acids is 1. The molecule has 6 nitrogen and oxygen atoms in total. The number of rotatable bonds is 33. The number of aliphatic hydroxyl groups is 2. The third-order valence-corrected chi connectivity index (χ3v) is 7.72. The average Bonchev–Trinajstić information content (AvgIpc) is 2.97. The van der Waals surface area contributed by atoms with Crippen molar-refractivity contribution in [2.24, 2.45) is 0 Å². The van der Waals surface area contributed by atoms with E-state index in [0.29, 0.717) is 19.5 Å². The van der Waals surface area contributed by atoms with Gasteiger partial charge >= 0.3 is 0 Å². The molecule has 0 aromatic carbocycles. The molecule has 0 rings (SSSR count). The van der Waals surface area contributed by atoms with Gasteiger partial charge in [0.25, 0.3) is 0 Å². The molecule has 1 unspecified atom stereocenters. The Kier molecular flexibility index (Phi) is 32.8. The summed E-state index contributed by atoms with van der Waals surface area (Å²) < 4.78 is 5.79. The minimum Gasteiger partial charge on any atom is -0.394 e. The number of nitrogens with zero attached hydrogens (tertiary/aromatic N) is 1. The first-order valence-electron chi connectivity index (χ1n) is 17.6. The zero-order chi connectivity index (χ0) is 30.1. The Morgan fingerprint density at radius 1 is 0.707 bits per heavy atom. The van der Waals surface area contributed by atoms with Gasteiger partial charge in [-0.15, -0.1) is 0 Å². The smallest absolute Gasteiger partial charge is 0.219 e. The topological polar surface area (TPSA) is 82.0 Å². The van der Waals surface area contributed by atoms with Crippen LogP contribution >= 0.6 is 0 Å². The van der Waals surface area contributed by atoms with Gasteiger partial charge in [-0.1, -0.05) is 109 Å². The lowest BCUT2D eigenvalue weighted by Crippen LogP contribution is -2.37. The molecule has 0 radical (unpaired) electrons. The van der Waals surface area contributed by atoms with Crippen LogP contribution in [0, 0.1) is 0 Å².